The lowest BCUT2D eigenvalue weighted by Crippen LogP contribution is -2.36. The summed E-state index contributed by atoms with van der Waals surface area (Å²) in [5.41, 5.74) is 6.80. The molecule has 0 radical (unpaired) electrons. The van der Waals surface area contributed by atoms with Gasteiger partial charge in [0.1, 0.15) is 17.2 Å². The number of aryl methyl sites for hydroxylation is 1. The zero-order valence-corrected chi connectivity index (χ0v) is 16.8. The van der Waals surface area contributed by atoms with Gasteiger partial charge >= 0.3 is 0 Å². The first-order valence-corrected chi connectivity index (χ1v) is 10.5. The van der Waals surface area contributed by atoms with Crippen LogP contribution in [0.3, 0.4) is 0 Å². The van der Waals surface area contributed by atoms with E-state index in [2.05, 4.69) is 29.5 Å². The largest absolute Gasteiger partial charge is 0.384 e. The van der Waals surface area contributed by atoms with Crippen molar-refractivity contribution in [1.29, 1.82) is 0 Å². The third kappa shape index (κ3) is 5.43. The van der Waals surface area contributed by atoms with Crippen LogP contribution >= 0.6 is 21.6 Å². The van der Waals surface area contributed by atoms with E-state index < -0.39 is 0 Å². The maximum atomic E-state index is 12.4. The molecule has 9 heteroatoms. The molecule has 2 aromatic heterocycles. The molecule has 0 fully saturated rings. The van der Waals surface area contributed by atoms with E-state index in [-0.39, 0.29) is 28.1 Å². The molecular formula is C17H23N5O2S2. The minimum absolute atomic E-state index is 0.0732. The number of carbonyl (C=O) groups is 2. The van der Waals surface area contributed by atoms with E-state index in [9.17, 15) is 9.59 Å². The average molecular weight is 394 g/mol. The number of anilines is 2. The van der Waals surface area contributed by atoms with Crippen LogP contribution in [0.4, 0.5) is 11.5 Å². The molecule has 26 heavy (non-hydrogen) atoms. The van der Waals surface area contributed by atoms with Gasteiger partial charge in [-0.25, -0.2) is 4.98 Å². The van der Waals surface area contributed by atoms with Gasteiger partial charge in [0.2, 0.25) is 0 Å². The maximum Gasteiger partial charge on any atom is 0.274 e. The fourth-order valence-corrected chi connectivity index (χ4v) is 4.38. The lowest BCUT2D eigenvalue weighted by Gasteiger charge is -2.22. The fourth-order valence-electron chi connectivity index (χ4n) is 2.27. The van der Waals surface area contributed by atoms with Gasteiger partial charge in [-0.1, -0.05) is 27.7 Å². The van der Waals surface area contributed by atoms with Crippen LogP contribution in [0.2, 0.25) is 0 Å². The zero-order chi connectivity index (χ0) is 19.3. The Balaban J connectivity index is 2.04. The summed E-state index contributed by atoms with van der Waals surface area (Å²) in [6, 6.07) is 6.48. The highest BCUT2D eigenvalue weighted by molar-refractivity contribution is 8.76. The second-order valence-electron chi connectivity index (χ2n) is 6.32. The molecule has 0 bridgehead atoms. The molecule has 0 aliphatic rings. The Kier molecular flexibility index (Phi) is 6.60. The second kappa shape index (κ2) is 8.50. The van der Waals surface area contributed by atoms with Crippen LogP contribution in [0, 0.1) is 0 Å². The number of rotatable bonds is 7. The minimum atomic E-state index is -0.382. The Morgan fingerprint density at radius 1 is 1.31 bits per heavy atom. The molecule has 0 atom stereocenters. The Labute approximate surface area is 160 Å². The molecule has 0 saturated heterocycles. The van der Waals surface area contributed by atoms with Gasteiger partial charge in [0.25, 0.3) is 11.8 Å². The topological polar surface area (TPSA) is 102 Å². The van der Waals surface area contributed by atoms with Gasteiger partial charge in [-0.2, -0.15) is 0 Å². The monoisotopic (exact) mass is 393 g/mol. The molecular weight excluding hydrogens is 370 g/mol. The molecule has 140 valence electrons. The third-order valence-corrected chi connectivity index (χ3v) is 6.10. The van der Waals surface area contributed by atoms with Crippen molar-refractivity contribution in [1.82, 2.24) is 14.9 Å². The predicted molar refractivity (Wildman–Crippen MR) is 110 cm³/mol. The smallest absolute Gasteiger partial charge is 0.274 e. The Hall–Kier alpha value is -2.13. The third-order valence-electron chi connectivity index (χ3n) is 3.48. The number of hydrogen-bond donors (Lipinski definition) is 3. The van der Waals surface area contributed by atoms with Crippen molar-refractivity contribution in [2.24, 2.45) is 7.05 Å². The standard InChI is InChI=1S/C17H23N5O2S2/c1-17(2,26-25-4)10-19-16(24)13-8-11(9-22(13)3)20-15(23)12-6-5-7-14(18)21-12/h5-9H,10H2,1-4H3,(H2,18,21)(H,19,24)(H,20,23). The van der Waals surface area contributed by atoms with Crippen LogP contribution in [0.1, 0.15) is 34.8 Å². The van der Waals surface area contributed by atoms with Crippen LogP contribution in [-0.2, 0) is 7.05 Å². The van der Waals surface area contributed by atoms with E-state index in [1.807, 2.05) is 6.26 Å². The van der Waals surface area contributed by atoms with Crippen molar-refractivity contribution in [3.05, 3.63) is 41.9 Å². The summed E-state index contributed by atoms with van der Waals surface area (Å²) in [4.78, 5) is 28.7. The van der Waals surface area contributed by atoms with Gasteiger partial charge in [-0.3, -0.25) is 9.59 Å². The Morgan fingerprint density at radius 3 is 2.69 bits per heavy atom. The van der Waals surface area contributed by atoms with Crippen LogP contribution < -0.4 is 16.4 Å². The maximum absolute atomic E-state index is 12.4. The number of carbonyl (C=O) groups excluding carboxylic acids is 2. The number of pyridine rings is 1. The van der Waals surface area contributed by atoms with Gasteiger partial charge in [0.15, 0.2) is 0 Å². The number of nitrogens with zero attached hydrogens (tertiary/aromatic N) is 2. The van der Waals surface area contributed by atoms with E-state index >= 15 is 0 Å². The van der Waals surface area contributed by atoms with Crippen LogP contribution in [0.25, 0.3) is 0 Å². The first kappa shape index (κ1) is 20.2. The van der Waals surface area contributed by atoms with Crippen molar-refractivity contribution in [2.45, 2.75) is 18.6 Å². The molecule has 2 heterocycles. The molecule has 0 saturated carbocycles. The lowest BCUT2D eigenvalue weighted by atomic mass is 10.2. The number of hydrogen-bond acceptors (Lipinski definition) is 6. The molecule has 7 nitrogen and oxygen atoms in total. The summed E-state index contributed by atoms with van der Waals surface area (Å²) < 4.78 is 1.60. The number of nitrogens with two attached hydrogens (primary N) is 1. The summed E-state index contributed by atoms with van der Waals surface area (Å²) >= 11 is 0. The van der Waals surface area contributed by atoms with Gasteiger partial charge in [-0.05, 0) is 38.3 Å². The van der Waals surface area contributed by atoms with E-state index in [0.29, 0.717) is 17.9 Å². The lowest BCUT2D eigenvalue weighted by molar-refractivity contribution is 0.0941. The van der Waals surface area contributed by atoms with E-state index in [1.54, 1.807) is 63.7 Å². The average Bonchev–Trinajstić information content (AvgIpc) is 2.93. The first-order chi connectivity index (χ1) is 12.2. The normalized spacial score (nSPS) is 11.2. The summed E-state index contributed by atoms with van der Waals surface area (Å²) in [5.74, 6) is -0.297. The minimum Gasteiger partial charge on any atom is -0.384 e. The molecule has 2 aromatic rings. The van der Waals surface area contributed by atoms with Crippen molar-refractivity contribution in [2.75, 3.05) is 23.9 Å². The molecule has 0 aliphatic heterocycles. The van der Waals surface area contributed by atoms with Crippen LogP contribution in [-0.4, -0.2) is 38.9 Å². The van der Waals surface area contributed by atoms with Crippen molar-refractivity contribution in [3.63, 3.8) is 0 Å². The summed E-state index contributed by atoms with van der Waals surface area (Å²) in [5, 5.41) is 5.66. The van der Waals surface area contributed by atoms with E-state index in [1.165, 1.54) is 0 Å². The Morgan fingerprint density at radius 2 is 2.04 bits per heavy atom. The highest BCUT2D eigenvalue weighted by Gasteiger charge is 2.21. The van der Waals surface area contributed by atoms with E-state index in [4.69, 9.17) is 5.73 Å². The molecule has 0 aliphatic carbocycles. The molecule has 0 aromatic carbocycles. The van der Waals surface area contributed by atoms with Crippen molar-refractivity contribution in [3.8, 4) is 0 Å². The SMILES string of the molecule is CSSC(C)(C)CNC(=O)c1cc(NC(=O)c2cccc(N)n2)cn1C. The highest BCUT2D eigenvalue weighted by atomic mass is 33.1. The number of nitrogen functional groups attached to an aromatic ring is 1. The van der Waals surface area contributed by atoms with Crippen LogP contribution in [0.5, 0.6) is 0 Å². The molecule has 4 N–H and O–H groups in total. The molecule has 2 amide bonds. The Bertz CT molecular complexity index is 804. The predicted octanol–water partition coefficient (Wildman–Crippen LogP) is 2.77. The van der Waals surface area contributed by atoms with Crippen molar-refractivity contribution < 1.29 is 9.59 Å². The second-order valence-corrected chi connectivity index (χ2v) is 9.42. The number of aromatic nitrogens is 2. The zero-order valence-electron chi connectivity index (χ0n) is 15.2. The quantitative estimate of drug-likeness (QED) is 0.625. The summed E-state index contributed by atoms with van der Waals surface area (Å²) in [7, 11) is 5.13. The highest BCUT2D eigenvalue weighted by Crippen LogP contribution is 2.32. The van der Waals surface area contributed by atoms with Crippen molar-refractivity contribution >= 4 is 44.9 Å². The first-order valence-electron chi connectivity index (χ1n) is 7.92. The van der Waals surface area contributed by atoms with Crippen LogP contribution in [0.15, 0.2) is 30.5 Å². The summed E-state index contributed by atoms with van der Waals surface area (Å²) in [6.45, 7) is 4.69. The molecule has 0 spiro atoms. The summed E-state index contributed by atoms with van der Waals surface area (Å²) in [6.07, 6.45) is 3.69. The van der Waals surface area contributed by atoms with Gasteiger partial charge in [0, 0.05) is 24.5 Å². The molecule has 0 unspecified atom stereocenters. The van der Waals surface area contributed by atoms with E-state index in [0.717, 1.165) is 0 Å². The fraction of sp³-hybridized carbons (Fsp3) is 0.353. The van der Waals surface area contributed by atoms with Gasteiger partial charge in [-0.15, -0.1) is 0 Å². The molecule has 2 rings (SSSR count). The number of nitrogens with one attached hydrogen (secondary N) is 2. The van der Waals surface area contributed by atoms with Gasteiger partial charge in [0.05, 0.1) is 5.69 Å². The van der Waals surface area contributed by atoms with Gasteiger partial charge < -0.3 is 20.9 Å². The number of amides is 2.